The largest absolute Gasteiger partial charge is 0.379 e. The zero-order valence-electron chi connectivity index (χ0n) is 14.2. The molecule has 1 aromatic rings. The van der Waals surface area contributed by atoms with Crippen molar-refractivity contribution in [3.8, 4) is 0 Å². The lowest BCUT2D eigenvalue weighted by atomic mass is 10.1. The molecule has 1 aliphatic rings. The molecular weight excluding hydrogens is 292 g/mol. The van der Waals surface area contributed by atoms with Crippen LogP contribution in [0, 0.1) is 0 Å². The third kappa shape index (κ3) is 4.32. The van der Waals surface area contributed by atoms with Gasteiger partial charge in [-0.2, -0.15) is 0 Å². The summed E-state index contributed by atoms with van der Waals surface area (Å²) in [6.45, 7) is 6.99. The zero-order chi connectivity index (χ0) is 16.8. The highest BCUT2D eigenvalue weighted by Gasteiger charge is 2.37. The van der Waals surface area contributed by atoms with Crippen molar-refractivity contribution in [2.75, 3.05) is 18.1 Å². The molecule has 0 saturated carbocycles. The Hall–Kier alpha value is -1.88. The van der Waals surface area contributed by atoms with Crippen LogP contribution in [0.2, 0.25) is 0 Å². The molecule has 0 spiro atoms. The molecule has 5 nitrogen and oxygen atoms in total. The molecule has 1 aromatic carbocycles. The second-order valence-corrected chi connectivity index (χ2v) is 6.03. The van der Waals surface area contributed by atoms with Crippen molar-refractivity contribution in [3.05, 3.63) is 29.8 Å². The molecule has 2 amide bonds. The maximum absolute atomic E-state index is 12.5. The first kappa shape index (κ1) is 17.5. The minimum absolute atomic E-state index is 0.0155. The van der Waals surface area contributed by atoms with Gasteiger partial charge in [-0.05, 0) is 31.9 Å². The Bertz CT molecular complexity index is 557. The van der Waals surface area contributed by atoms with Gasteiger partial charge in [0.2, 0.25) is 11.8 Å². The van der Waals surface area contributed by atoms with Crippen LogP contribution in [0.1, 0.15) is 39.2 Å². The van der Waals surface area contributed by atoms with Gasteiger partial charge in [-0.1, -0.05) is 25.1 Å². The maximum atomic E-state index is 12.5. The lowest BCUT2D eigenvalue weighted by Gasteiger charge is -2.24. The van der Waals surface area contributed by atoms with Gasteiger partial charge < -0.3 is 10.1 Å². The fraction of sp³-hybridized carbons (Fsp3) is 0.556. The number of nitrogens with zero attached hydrogens (tertiary/aromatic N) is 1. The molecule has 0 aliphatic carbocycles. The number of para-hydroxylation sites is 1. The van der Waals surface area contributed by atoms with Crippen molar-refractivity contribution in [2.45, 2.75) is 52.2 Å². The van der Waals surface area contributed by atoms with E-state index in [-0.39, 0.29) is 17.9 Å². The van der Waals surface area contributed by atoms with E-state index < -0.39 is 6.04 Å². The molecule has 0 unspecified atom stereocenters. The van der Waals surface area contributed by atoms with Gasteiger partial charge in [0.15, 0.2) is 0 Å². The van der Waals surface area contributed by atoms with Crippen molar-refractivity contribution in [1.29, 1.82) is 0 Å². The molecule has 0 radical (unpaired) electrons. The van der Waals surface area contributed by atoms with Gasteiger partial charge in [-0.25, -0.2) is 0 Å². The number of anilines is 1. The number of amides is 2. The summed E-state index contributed by atoms with van der Waals surface area (Å²) in [6.07, 6.45) is 1.94. The monoisotopic (exact) mass is 318 g/mol. The average molecular weight is 318 g/mol. The molecule has 1 N–H and O–H groups in total. The molecule has 0 aromatic heterocycles. The minimum atomic E-state index is -0.439. The Balaban J connectivity index is 1.95. The van der Waals surface area contributed by atoms with Gasteiger partial charge in [0.05, 0.1) is 6.10 Å². The van der Waals surface area contributed by atoms with E-state index in [0.29, 0.717) is 26.0 Å². The first-order valence-electron chi connectivity index (χ1n) is 8.33. The van der Waals surface area contributed by atoms with Crippen LogP contribution in [-0.2, 0) is 20.7 Å². The lowest BCUT2D eigenvalue weighted by molar-refractivity contribution is -0.126. The second-order valence-electron chi connectivity index (χ2n) is 6.03. The SMILES string of the molecule is CCC(=O)N1c2ccccc2C[C@@H]1C(=O)NCCCOC(C)C. The molecule has 23 heavy (non-hydrogen) atoms. The second kappa shape index (κ2) is 8.11. The van der Waals surface area contributed by atoms with E-state index in [9.17, 15) is 9.59 Å². The topological polar surface area (TPSA) is 58.6 Å². The molecular formula is C18H26N2O3. The van der Waals surface area contributed by atoms with E-state index in [2.05, 4.69) is 5.32 Å². The Morgan fingerprint density at radius 1 is 1.35 bits per heavy atom. The van der Waals surface area contributed by atoms with Crippen LogP contribution in [0.15, 0.2) is 24.3 Å². The number of carbonyl (C=O) groups excluding carboxylic acids is 2. The maximum Gasteiger partial charge on any atom is 0.243 e. The van der Waals surface area contributed by atoms with E-state index in [1.807, 2.05) is 45.0 Å². The Kier molecular flexibility index (Phi) is 6.16. The summed E-state index contributed by atoms with van der Waals surface area (Å²) in [5, 5.41) is 2.93. The minimum Gasteiger partial charge on any atom is -0.379 e. The number of hydrogen-bond donors (Lipinski definition) is 1. The Morgan fingerprint density at radius 3 is 2.78 bits per heavy atom. The quantitative estimate of drug-likeness (QED) is 0.785. The number of ether oxygens (including phenoxy) is 1. The van der Waals surface area contributed by atoms with Crippen LogP contribution >= 0.6 is 0 Å². The molecule has 0 saturated heterocycles. The van der Waals surface area contributed by atoms with E-state index in [0.717, 1.165) is 17.7 Å². The molecule has 1 heterocycles. The first-order chi connectivity index (χ1) is 11.0. The Labute approximate surface area is 138 Å². The zero-order valence-corrected chi connectivity index (χ0v) is 14.2. The van der Waals surface area contributed by atoms with Crippen molar-refractivity contribution in [2.24, 2.45) is 0 Å². The molecule has 1 atom stereocenters. The van der Waals surface area contributed by atoms with Crippen LogP contribution in [0.3, 0.4) is 0 Å². The van der Waals surface area contributed by atoms with E-state index in [1.54, 1.807) is 4.90 Å². The number of hydrogen-bond acceptors (Lipinski definition) is 3. The van der Waals surface area contributed by atoms with Gasteiger partial charge in [0.25, 0.3) is 0 Å². The number of carbonyl (C=O) groups is 2. The van der Waals surface area contributed by atoms with E-state index in [1.165, 1.54) is 0 Å². The summed E-state index contributed by atoms with van der Waals surface area (Å²) in [4.78, 5) is 26.4. The third-order valence-corrected chi connectivity index (χ3v) is 3.92. The molecule has 1 aliphatic heterocycles. The van der Waals surface area contributed by atoms with Crippen molar-refractivity contribution in [3.63, 3.8) is 0 Å². The Morgan fingerprint density at radius 2 is 2.09 bits per heavy atom. The highest BCUT2D eigenvalue weighted by molar-refractivity contribution is 6.03. The van der Waals surface area contributed by atoms with Crippen LogP contribution < -0.4 is 10.2 Å². The fourth-order valence-corrected chi connectivity index (χ4v) is 2.79. The van der Waals surface area contributed by atoms with Crippen LogP contribution in [0.5, 0.6) is 0 Å². The highest BCUT2D eigenvalue weighted by atomic mass is 16.5. The summed E-state index contributed by atoms with van der Waals surface area (Å²) in [7, 11) is 0. The van der Waals surface area contributed by atoms with Crippen LogP contribution in [0.4, 0.5) is 5.69 Å². The van der Waals surface area contributed by atoms with Crippen LogP contribution in [-0.4, -0.2) is 37.1 Å². The average Bonchev–Trinajstić information content (AvgIpc) is 2.93. The standard InChI is InChI=1S/C18H26N2O3/c1-4-17(21)20-15-9-6-5-8-14(15)12-16(20)18(22)19-10-7-11-23-13(2)3/h5-6,8-9,13,16H,4,7,10-12H2,1-3H3,(H,19,22)/t16-/m1/s1. The molecule has 5 heteroatoms. The highest BCUT2D eigenvalue weighted by Crippen LogP contribution is 2.32. The van der Waals surface area contributed by atoms with E-state index in [4.69, 9.17) is 4.74 Å². The van der Waals surface area contributed by atoms with Crippen molar-refractivity contribution >= 4 is 17.5 Å². The smallest absolute Gasteiger partial charge is 0.243 e. The number of rotatable bonds is 7. The summed E-state index contributed by atoms with van der Waals surface area (Å²) in [5.41, 5.74) is 1.92. The van der Waals surface area contributed by atoms with Gasteiger partial charge in [0.1, 0.15) is 6.04 Å². The number of fused-ring (bicyclic) bond motifs is 1. The van der Waals surface area contributed by atoms with Gasteiger partial charge in [-0.3, -0.25) is 14.5 Å². The van der Waals surface area contributed by atoms with Gasteiger partial charge >= 0.3 is 0 Å². The summed E-state index contributed by atoms with van der Waals surface area (Å²) in [5.74, 6) is -0.106. The molecule has 2 rings (SSSR count). The summed E-state index contributed by atoms with van der Waals surface area (Å²) >= 11 is 0. The molecule has 126 valence electrons. The number of nitrogens with one attached hydrogen (secondary N) is 1. The van der Waals surface area contributed by atoms with Crippen molar-refractivity contribution < 1.29 is 14.3 Å². The fourth-order valence-electron chi connectivity index (χ4n) is 2.79. The van der Waals surface area contributed by atoms with E-state index >= 15 is 0 Å². The normalized spacial score (nSPS) is 16.5. The first-order valence-corrected chi connectivity index (χ1v) is 8.33. The molecule has 0 bridgehead atoms. The predicted octanol–water partition coefficient (Wildman–Crippen LogP) is 2.29. The van der Waals surface area contributed by atoms with Crippen LogP contribution in [0.25, 0.3) is 0 Å². The number of benzene rings is 1. The van der Waals surface area contributed by atoms with Gasteiger partial charge in [0, 0.05) is 31.7 Å². The molecule has 0 fully saturated rings. The summed E-state index contributed by atoms with van der Waals surface area (Å²) in [6, 6.07) is 7.29. The van der Waals surface area contributed by atoms with Gasteiger partial charge in [-0.15, -0.1) is 0 Å². The lowest BCUT2D eigenvalue weighted by Crippen LogP contribution is -2.48. The summed E-state index contributed by atoms with van der Waals surface area (Å²) < 4.78 is 5.46. The third-order valence-electron chi connectivity index (χ3n) is 3.92. The predicted molar refractivity (Wildman–Crippen MR) is 90.4 cm³/mol. The van der Waals surface area contributed by atoms with Crippen molar-refractivity contribution in [1.82, 2.24) is 5.32 Å².